The van der Waals surface area contributed by atoms with Crippen molar-refractivity contribution in [2.45, 2.75) is 6.92 Å². The van der Waals surface area contributed by atoms with Gasteiger partial charge in [0.1, 0.15) is 0 Å². The third kappa shape index (κ3) is 5.44. The van der Waals surface area contributed by atoms with Gasteiger partial charge in [0.2, 0.25) is 5.75 Å². The lowest BCUT2D eigenvalue weighted by atomic mass is 10.1. The molecule has 0 unspecified atom stereocenters. The maximum Gasteiger partial charge on any atom is 0.326 e. The van der Waals surface area contributed by atoms with E-state index in [1.54, 1.807) is 49.4 Å². The predicted octanol–water partition coefficient (Wildman–Crippen LogP) is 4.24. The summed E-state index contributed by atoms with van der Waals surface area (Å²) in [5, 5.41) is 7.73. The van der Waals surface area contributed by atoms with E-state index in [1.165, 1.54) is 33.5 Å². The molecule has 0 spiro atoms. The number of nitrogens with one attached hydrogen (secondary N) is 3. The minimum atomic E-state index is -0.742. The van der Waals surface area contributed by atoms with E-state index < -0.39 is 11.9 Å². The molecule has 0 saturated heterocycles. The largest absolute Gasteiger partial charge is 0.493 e. The lowest BCUT2D eigenvalue weighted by Gasteiger charge is -2.15. The number of benzene rings is 3. The molecule has 3 rings (SSSR count). The molecule has 4 amide bonds. The molecule has 0 aliphatic rings. The Morgan fingerprint density at radius 2 is 1.26 bits per heavy atom. The molecule has 3 aromatic rings. The standard InChI is InChI=1S/C25H25N3O6/c1-15-18(26-23(29)16-9-6-5-7-10-16)11-8-12-19(15)27-25(31)28-24(30)17-13-20(32-2)22(34-4)21(14-17)33-3/h5-14H,1-4H3,(H,26,29)(H2,27,28,30,31). The lowest BCUT2D eigenvalue weighted by molar-refractivity contribution is 0.0965. The van der Waals surface area contributed by atoms with Crippen molar-refractivity contribution in [3.05, 3.63) is 77.4 Å². The first-order valence-electron chi connectivity index (χ1n) is 10.3. The summed E-state index contributed by atoms with van der Waals surface area (Å²) in [4.78, 5) is 37.6. The quantitative estimate of drug-likeness (QED) is 0.483. The van der Waals surface area contributed by atoms with Crippen molar-refractivity contribution < 1.29 is 28.6 Å². The molecular weight excluding hydrogens is 438 g/mol. The highest BCUT2D eigenvalue weighted by Crippen LogP contribution is 2.38. The van der Waals surface area contributed by atoms with Crippen LogP contribution in [-0.2, 0) is 0 Å². The van der Waals surface area contributed by atoms with Crippen molar-refractivity contribution in [2.24, 2.45) is 0 Å². The summed E-state index contributed by atoms with van der Waals surface area (Å²) >= 11 is 0. The zero-order valence-electron chi connectivity index (χ0n) is 19.2. The van der Waals surface area contributed by atoms with Crippen molar-refractivity contribution in [3.63, 3.8) is 0 Å². The van der Waals surface area contributed by atoms with Gasteiger partial charge in [0.05, 0.1) is 21.3 Å². The molecule has 0 fully saturated rings. The summed E-state index contributed by atoms with van der Waals surface area (Å²) < 4.78 is 15.7. The van der Waals surface area contributed by atoms with Gasteiger partial charge in [0.25, 0.3) is 11.8 Å². The van der Waals surface area contributed by atoms with Crippen LogP contribution in [0.25, 0.3) is 0 Å². The Balaban J connectivity index is 1.72. The fraction of sp³-hybridized carbons (Fsp3) is 0.160. The van der Waals surface area contributed by atoms with Crippen molar-refractivity contribution in [3.8, 4) is 17.2 Å². The maximum atomic E-state index is 12.7. The zero-order chi connectivity index (χ0) is 24.7. The summed E-state index contributed by atoms with van der Waals surface area (Å²) in [5.74, 6) is -0.0444. The highest BCUT2D eigenvalue weighted by molar-refractivity contribution is 6.09. The minimum Gasteiger partial charge on any atom is -0.493 e. The van der Waals surface area contributed by atoms with Crippen LogP contribution < -0.4 is 30.2 Å². The second-order valence-electron chi connectivity index (χ2n) is 7.12. The molecule has 9 heteroatoms. The van der Waals surface area contributed by atoms with Gasteiger partial charge in [-0.15, -0.1) is 0 Å². The number of methoxy groups -OCH3 is 3. The second-order valence-corrected chi connectivity index (χ2v) is 7.12. The van der Waals surface area contributed by atoms with Crippen LogP contribution in [0.1, 0.15) is 26.3 Å². The zero-order valence-corrected chi connectivity index (χ0v) is 19.2. The molecule has 176 valence electrons. The Morgan fingerprint density at radius 3 is 1.82 bits per heavy atom. The third-order valence-corrected chi connectivity index (χ3v) is 5.02. The number of imide groups is 1. The molecule has 3 aromatic carbocycles. The molecule has 0 aliphatic heterocycles. The van der Waals surface area contributed by atoms with E-state index in [0.29, 0.717) is 28.3 Å². The molecule has 0 bridgehead atoms. The van der Waals surface area contributed by atoms with Gasteiger partial charge in [-0.05, 0) is 48.9 Å². The van der Waals surface area contributed by atoms with E-state index in [4.69, 9.17) is 14.2 Å². The normalized spacial score (nSPS) is 10.1. The Hall–Kier alpha value is -4.53. The van der Waals surface area contributed by atoms with E-state index in [0.717, 1.165) is 0 Å². The molecule has 0 aromatic heterocycles. The van der Waals surface area contributed by atoms with Gasteiger partial charge in [-0.3, -0.25) is 14.9 Å². The molecule has 0 aliphatic carbocycles. The van der Waals surface area contributed by atoms with E-state index in [1.807, 2.05) is 6.07 Å². The number of anilines is 2. The number of ether oxygens (including phenoxy) is 3. The topological polar surface area (TPSA) is 115 Å². The summed E-state index contributed by atoms with van der Waals surface area (Å²) in [7, 11) is 4.31. The van der Waals surface area contributed by atoms with Crippen LogP contribution in [0.5, 0.6) is 17.2 Å². The number of amides is 4. The first-order chi connectivity index (χ1) is 16.4. The number of carbonyl (C=O) groups excluding carboxylic acids is 3. The fourth-order valence-electron chi connectivity index (χ4n) is 3.23. The number of rotatable bonds is 7. The van der Waals surface area contributed by atoms with Gasteiger partial charge in [-0.2, -0.15) is 0 Å². The van der Waals surface area contributed by atoms with E-state index >= 15 is 0 Å². The summed E-state index contributed by atoms with van der Waals surface area (Å²) in [6, 6.07) is 16.0. The van der Waals surface area contributed by atoms with Gasteiger partial charge in [0, 0.05) is 22.5 Å². The Bertz CT molecular complexity index is 1190. The van der Waals surface area contributed by atoms with Gasteiger partial charge >= 0.3 is 6.03 Å². The van der Waals surface area contributed by atoms with Crippen molar-refractivity contribution in [1.29, 1.82) is 0 Å². The molecule has 3 N–H and O–H groups in total. The number of urea groups is 1. The molecule has 0 atom stereocenters. The van der Waals surface area contributed by atoms with Crippen molar-refractivity contribution in [1.82, 2.24) is 5.32 Å². The third-order valence-electron chi connectivity index (χ3n) is 5.02. The Morgan fingerprint density at radius 1 is 0.676 bits per heavy atom. The van der Waals surface area contributed by atoms with E-state index in [9.17, 15) is 14.4 Å². The first-order valence-corrected chi connectivity index (χ1v) is 10.3. The SMILES string of the molecule is COc1cc(C(=O)NC(=O)Nc2cccc(NC(=O)c3ccccc3)c2C)cc(OC)c1OC. The van der Waals surface area contributed by atoms with Gasteiger partial charge in [0.15, 0.2) is 11.5 Å². The van der Waals surface area contributed by atoms with Gasteiger partial charge in [-0.25, -0.2) is 4.79 Å². The monoisotopic (exact) mass is 463 g/mol. The van der Waals surface area contributed by atoms with Crippen LogP contribution in [0.3, 0.4) is 0 Å². The minimum absolute atomic E-state index is 0.144. The molecule has 9 nitrogen and oxygen atoms in total. The van der Waals surface area contributed by atoms with Crippen LogP contribution in [-0.4, -0.2) is 39.2 Å². The fourth-order valence-corrected chi connectivity index (χ4v) is 3.23. The molecule has 0 radical (unpaired) electrons. The average Bonchev–Trinajstić information content (AvgIpc) is 2.85. The van der Waals surface area contributed by atoms with Crippen LogP contribution in [0.2, 0.25) is 0 Å². The molecule has 0 saturated carbocycles. The van der Waals surface area contributed by atoms with Crippen LogP contribution in [0.4, 0.5) is 16.2 Å². The van der Waals surface area contributed by atoms with Crippen LogP contribution in [0, 0.1) is 6.92 Å². The van der Waals surface area contributed by atoms with E-state index in [2.05, 4.69) is 16.0 Å². The van der Waals surface area contributed by atoms with Gasteiger partial charge in [-0.1, -0.05) is 24.3 Å². The predicted molar refractivity (Wildman–Crippen MR) is 128 cm³/mol. The highest BCUT2D eigenvalue weighted by Gasteiger charge is 2.19. The number of carbonyl (C=O) groups is 3. The molecular formula is C25H25N3O6. The first kappa shape index (κ1) is 24.1. The molecule has 0 heterocycles. The second kappa shape index (κ2) is 10.9. The highest BCUT2D eigenvalue weighted by atomic mass is 16.5. The van der Waals surface area contributed by atoms with Crippen molar-refractivity contribution >= 4 is 29.2 Å². The smallest absolute Gasteiger partial charge is 0.326 e. The lowest BCUT2D eigenvalue weighted by Crippen LogP contribution is -2.34. The Kier molecular flexibility index (Phi) is 7.71. The average molecular weight is 463 g/mol. The summed E-state index contributed by atoms with van der Waals surface area (Å²) in [6.07, 6.45) is 0. The van der Waals surface area contributed by atoms with Gasteiger partial charge < -0.3 is 24.8 Å². The number of hydrogen-bond acceptors (Lipinski definition) is 6. The number of hydrogen-bond donors (Lipinski definition) is 3. The van der Waals surface area contributed by atoms with Crippen LogP contribution >= 0.6 is 0 Å². The van der Waals surface area contributed by atoms with Crippen LogP contribution in [0.15, 0.2) is 60.7 Å². The van der Waals surface area contributed by atoms with E-state index in [-0.39, 0.29) is 23.0 Å². The Labute approximate surface area is 197 Å². The summed E-state index contributed by atoms with van der Waals surface area (Å²) in [5.41, 5.74) is 2.24. The summed E-state index contributed by atoms with van der Waals surface area (Å²) in [6.45, 7) is 1.75. The van der Waals surface area contributed by atoms with Crippen molar-refractivity contribution in [2.75, 3.05) is 32.0 Å². The maximum absolute atomic E-state index is 12.7. The molecule has 34 heavy (non-hydrogen) atoms.